The minimum Gasteiger partial charge on any atom is -0.480 e. The van der Waals surface area contributed by atoms with E-state index in [1.165, 1.54) is 6.92 Å². The number of carbonyl (C=O) groups excluding carboxylic acids is 2. The molecule has 0 aromatic heterocycles. The first kappa shape index (κ1) is 20.6. The Bertz CT molecular complexity index is 563. The van der Waals surface area contributed by atoms with Gasteiger partial charge in [-0.15, -0.1) is 0 Å². The SMILES string of the molecule is C[C@H](NC(=O)[C@@H](N)CCCCNC(=O)CCc1ccccc1)C(=O)O. The van der Waals surface area contributed by atoms with Crippen molar-refractivity contribution in [1.29, 1.82) is 0 Å². The van der Waals surface area contributed by atoms with E-state index < -0.39 is 24.0 Å². The van der Waals surface area contributed by atoms with Gasteiger partial charge in [0.15, 0.2) is 0 Å². The van der Waals surface area contributed by atoms with Crippen LogP contribution in [-0.2, 0) is 20.8 Å². The largest absolute Gasteiger partial charge is 0.480 e. The predicted octanol–water partition coefficient (Wildman–Crippen LogP) is 0.822. The summed E-state index contributed by atoms with van der Waals surface area (Å²) >= 11 is 0. The van der Waals surface area contributed by atoms with E-state index in [-0.39, 0.29) is 5.91 Å². The Morgan fingerprint density at radius 2 is 1.84 bits per heavy atom. The molecule has 0 saturated heterocycles. The molecular weight excluding hydrogens is 322 g/mol. The second-order valence-corrected chi connectivity index (χ2v) is 6.01. The van der Waals surface area contributed by atoms with E-state index in [4.69, 9.17) is 10.8 Å². The van der Waals surface area contributed by atoms with Crippen molar-refractivity contribution in [3.8, 4) is 0 Å². The lowest BCUT2D eigenvalue weighted by Gasteiger charge is -2.14. The molecule has 0 saturated carbocycles. The number of hydrogen-bond donors (Lipinski definition) is 4. The highest BCUT2D eigenvalue weighted by molar-refractivity contribution is 5.86. The summed E-state index contributed by atoms with van der Waals surface area (Å²) in [5.74, 6) is -1.57. The number of nitrogens with one attached hydrogen (secondary N) is 2. The normalized spacial score (nSPS) is 12.9. The number of hydrogen-bond acceptors (Lipinski definition) is 4. The number of benzene rings is 1. The van der Waals surface area contributed by atoms with Gasteiger partial charge in [0.25, 0.3) is 0 Å². The van der Waals surface area contributed by atoms with E-state index >= 15 is 0 Å². The van der Waals surface area contributed by atoms with Gasteiger partial charge >= 0.3 is 5.97 Å². The number of unbranched alkanes of at least 4 members (excludes halogenated alkanes) is 1. The van der Waals surface area contributed by atoms with E-state index in [0.717, 1.165) is 5.56 Å². The van der Waals surface area contributed by atoms with Gasteiger partial charge in [-0.1, -0.05) is 30.3 Å². The van der Waals surface area contributed by atoms with Crippen molar-refractivity contribution in [3.05, 3.63) is 35.9 Å². The van der Waals surface area contributed by atoms with Crippen LogP contribution < -0.4 is 16.4 Å². The molecule has 138 valence electrons. The van der Waals surface area contributed by atoms with Crippen LogP contribution in [0, 0.1) is 0 Å². The molecule has 0 fully saturated rings. The summed E-state index contributed by atoms with van der Waals surface area (Å²) in [5, 5.41) is 13.9. The average molecular weight is 349 g/mol. The molecule has 25 heavy (non-hydrogen) atoms. The van der Waals surface area contributed by atoms with Gasteiger partial charge in [-0.2, -0.15) is 0 Å². The molecule has 0 spiro atoms. The summed E-state index contributed by atoms with van der Waals surface area (Å²) in [5.41, 5.74) is 6.86. The summed E-state index contributed by atoms with van der Waals surface area (Å²) in [6, 6.07) is 8.12. The zero-order chi connectivity index (χ0) is 18.7. The number of carboxylic acids is 1. The lowest BCUT2D eigenvalue weighted by Crippen LogP contribution is -2.47. The zero-order valence-corrected chi connectivity index (χ0v) is 14.5. The van der Waals surface area contributed by atoms with Gasteiger partial charge in [0, 0.05) is 13.0 Å². The highest BCUT2D eigenvalue weighted by Gasteiger charge is 2.18. The molecule has 5 N–H and O–H groups in total. The van der Waals surface area contributed by atoms with Crippen LogP contribution in [0.15, 0.2) is 30.3 Å². The Hall–Kier alpha value is -2.41. The minimum atomic E-state index is -1.10. The smallest absolute Gasteiger partial charge is 0.325 e. The first-order valence-electron chi connectivity index (χ1n) is 8.49. The summed E-state index contributed by atoms with van der Waals surface area (Å²) in [7, 11) is 0. The van der Waals surface area contributed by atoms with E-state index in [2.05, 4.69) is 10.6 Å². The molecule has 2 atom stereocenters. The fraction of sp³-hybridized carbons (Fsp3) is 0.500. The predicted molar refractivity (Wildman–Crippen MR) is 94.8 cm³/mol. The fourth-order valence-electron chi connectivity index (χ4n) is 2.22. The van der Waals surface area contributed by atoms with Crippen molar-refractivity contribution in [1.82, 2.24) is 10.6 Å². The quantitative estimate of drug-likeness (QED) is 0.441. The Morgan fingerprint density at radius 1 is 1.16 bits per heavy atom. The molecule has 0 aliphatic carbocycles. The Morgan fingerprint density at radius 3 is 2.48 bits per heavy atom. The van der Waals surface area contributed by atoms with Crippen LogP contribution in [0.5, 0.6) is 0 Å². The van der Waals surface area contributed by atoms with Crippen molar-refractivity contribution in [3.63, 3.8) is 0 Å². The fourth-order valence-corrected chi connectivity index (χ4v) is 2.22. The molecule has 0 aliphatic rings. The summed E-state index contributed by atoms with van der Waals surface area (Å²) in [6.07, 6.45) is 2.98. The van der Waals surface area contributed by atoms with Crippen LogP contribution in [0.25, 0.3) is 0 Å². The van der Waals surface area contributed by atoms with Crippen LogP contribution in [-0.4, -0.2) is 41.5 Å². The van der Waals surface area contributed by atoms with Crippen molar-refractivity contribution in [2.45, 2.75) is 51.1 Å². The van der Waals surface area contributed by atoms with E-state index in [0.29, 0.717) is 38.6 Å². The highest BCUT2D eigenvalue weighted by Crippen LogP contribution is 2.03. The first-order chi connectivity index (χ1) is 11.9. The molecular formula is C18H27N3O4. The summed E-state index contributed by atoms with van der Waals surface area (Å²) in [6.45, 7) is 1.92. The van der Waals surface area contributed by atoms with Gasteiger partial charge in [0.1, 0.15) is 6.04 Å². The molecule has 7 heteroatoms. The van der Waals surface area contributed by atoms with Gasteiger partial charge in [-0.25, -0.2) is 0 Å². The van der Waals surface area contributed by atoms with Crippen LogP contribution >= 0.6 is 0 Å². The maximum Gasteiger partial charge on any atom is 0.325 e. The topological polar surface area (TPSA) is 122 Å². The number of nitrogens with two attached hydrogens (primary N) is 1. The maximum absolute atomic E-state index is 11.8. The molecule has 0 radical (unpaired) electrons. The van der Waals surface area contributed by atoms with Gasteiger partial charge in [-0.05, 0) is 38.2 Å². The Kier molecular flexibility index (Phi) is 9.24. The van der Waals surface area contributed by atoms with Crippen LogP contribution in [0.1, 0.15) is 38.2 Å². The third kappa shape index (κ3) is 8.85. The lowest BCUT2D eigenvalue weighted by atomic mass is 10.1. The molecule has 1 rings (SSSR count). The second-order valence-electron chi connectivity index (χ2n) is 6.01. The lowest BCUT2D eigenvalue weighted by molar-refractivity contribution is -0.141. The van der Waals surface area contributed by atoms with Crippen molar-refractivity contribution >= 4 is 17.8 Å². The van der Waals surface area contributed by atoms with Gasteiger partial charge in [-0.3, -0.25) is 14.4 Å². The molecule has 0 heterocycles. The molecule has 1 aromatic rings. The third-order valence-corrected chi connectivity index (χ3v) is 3.81. The molecule has 7 nitrogen and oxygen atoms in total. The van der Waals surface area contributed by atoms with Gasteiger partial charge in [0.05, 0.1) is 6.04 Å². The average Bonchev–Trinajstić information content (AvgIpc) is 2.60. The summed E-state index contributed by atoms with van der Waals surface area (Å²) < 4.78 is 0. The van der Waals surface area contributed by atoms with E-state index in [9.17, 15) is 14.4 Å². The van der Waals surface area contributed by atoms with E-state index in [1.54, 1.807) is 0 Å². The number of carboxylic acid groups (broad SMARTS) is 1. The zero-order valence-electron chi connectivity index (χ0n) is 14.5. The van der Waals surface area contributed by atoms with E-state index in [1.807, 2.05) is 30.3 Å². The molecule has 0 unspecified atom stereocenters. The molecule has 1 aromatic carbocycles. The monoisotopic (exact) mass is 349 g/mol. The van der Waals surface area contributed by atoms with Crippen molar-refractivity contribution < 1.29 is 19.5 Å². The Balaban J connectivity index is 2.09. The number of aliphatic carboxylic acids is 1. The highest BCUT2D eigenvalue weighted by atomic mass is 16.4. The Labute approximate surface area is 148 Å². The van der Waals surface area contributed by atoms with Gasteiger partial charge < -0.3 is 21.5 Å². The van der Waals surface area contributed by atoms with Crippen LogP contribution in [0.2, 0.25) is 0 Å². The van der Waals surface area contributed by atoms with Gasteiger partial charge in [0.2, 0.25) is 11.8 Å². The third-order valence-electron chi connectivity index (χ3n) is 3.81. The molecule has 0 aliphatic heterocycles. The number of carbonyl (C=O) groups is 3. The van der Waals surface area contributed by atoms with Crippen LogP contribution in [0.4, 0.5) is 0 Å². The van der Waals surface area contributed by atoms with Crippen molar-refractivity contribution in [2.75, 3.05) is 6.54 Å². The van der Waals surface area contributed by atoms with Crippen molar-refractivity contribution in [2.24, 2.45) is 5.73 Å². The molecule has 2 amide bonds. The second kappa shape index (κ2) is 11.2. The number of aryl methyl sites for hydroxylation is 1. The molecule has 0 bridgehead atoms. The summed E-state index contributed by atoms with van der Waals surface area (Å²) in [4.78, 5) is 34.1. The maximum atomic E-state index is 11.8. The number of rotatable bonds is 11. The standard InChI is InChI=1S/C18H27N3O4/c1-13(18(24)25)21-17(23)15(19)9-5-6-12-20-16(22)11-10-14-7-3-2-4-8-14/h2-4,7-8,13,15H,5-6,9-12,19H2,1H3,(H,20,22)(H,21,23)(H,24,25)/t13-,15-/m0/s1. The minimum absolute atomic E-state index is 0.00109. The van der Waals surface area contributed by atoms with Crippen LogP contribution in [0.3, 0.4) is 0 Å². The first-order valence-corrected chi connectivity index (χ1v) is 8.49. The number of amides is 2.